The summed E-state index contributed by atoms with van der Waals surface area (Å²) in [7, 11) is 0. The van der Waals surface area contributed by atoms with Crippen molar-refractivity contribution in [3.8, 4) is 11.1 Å². The minimum atomic E-state index is -1.12. The lowest BCUT2D eigenvalue weighted by molar-refractivity contribution is -0.118. The third kappa shape index (κ3) is 4.69. The molecule has 1 heterocycles. The van der Waals surface area contributed by atoms with Gasteiger partial charge in [-0.15, -0.1) is 11.3 Å². The third-order valence-corrected chi connectivity index (χ3v) is 6.49. The van der Waals surface area contributed by atoms with Crippen LogP contribution >= 0.6 is 34.5 Å². The van der Waals surface area contributed by atoms with Crippen LogP contribution in [0.4, 0.5) is 5.00 Å². The molecule has 0 saturated carbocycles. The first-order valence-electron chi connectivity index (χ1n) is 9.36. The number of nitrogens with one attached hydrogen (secondary N) is 1. The third-order valence-electron chi connectivity index (χ3n) is 4.86. The van der Waals surface area contributed by atoms with E-state index in [-0.39, 0.29) is 17.4 Å². The molecule has 3 rings (SSSR count). The summed E-state index contributed by atoms with van der Waals surface area (Å²) in [6.07, 6.45) is 0. The van der Waals surface area contributed by atoms with Crippen molar-refractivity contribution in [3.63, 3.8) is 0 Å². The standard InChI is InChI=1S/C23H21Cl2NO3S/c1-12(2)19(14-6-4-13(3)5-7-14)21(27)26-22-20(23(28)29)16(11-30-22)15-8-9-17(24)18(25)10-15/h4-12,19H,1-3H3,(H,26,27)(H,28,29). The zero-order valence-electron chi connectivity index (χ0n) is 16.7. The molecule has 4 nitrogen and oxygen atoms in total. The maximum Gasteiger partial charge on any atom is 0.339 e. The van der Waals surface area contributed by atoms with E-state index in [4.69, 9.17) is 23.2 Å². The first kappa shape index (κ1) is 22.3. The molecule has 0 radical (unpaired) electrons. The van der Waals surface area contributed by atoms with Crippen LogP contribution in [-0.2, 0) is 4.79 Å². The number of hydrogen-bond donors (Lipinski definition) is 2. The van der Waals surface area contributed by atoms with Gasteiger partial charge in [-0.3, -0.25) is 4.79 Å². The number of carbonyl (C=O) groups excluding carboxylic acids is 1. The highest BCUT2D eigenvalue weighted by Gasteiger charge is 2.27. The van der Waals surface area contributed by atoms with Crippen LogP contribution in [0.2, 0.25) is 10.0 Å². The Morgan fingerprint density at radius 1 is 1.03 bits per heavy atom. The number of amides is 1. The van der Waals surface area contributed by atoms with Gasteiger partial charge in [0.2, 0.25) is 5.91 Å². The van der Waals surface area contributed by atoms with E-state index in [9.17, 15) is 14.7 Å². The molecule has 0 spiro atoms. The highest BCUT2D eigenvalue weighted by molar-refractivity contribution is 7.15. The fourth-order valence-electron chi connectivity index (χ4n) is 3.34. The SMILES string of the molecule is Cc1ccc(C(C(=O)Nc2scc(-c3ccc(Cl)c(Cl)c3)c2C(=O)O)C(C)C)cc1. The number of aromatic carboxylic acids is 1. The van der Waals surface area contributed by atoms with E-state index >= 15 is 0 Å². The van der Waals surface area contributed by atoms with E-state index in [0.717, 1.165) is 11.1 Å². The summed E-state index contributed by atoms with van der Waals surface area (Å²) < 4.78 is 0. The molecule has 0 aliphatic rings. The van der Waals surface area contributed by atoms with Gasteiger partial charge in [-0.05, 0) is 36.1 Å². The summed E-state index contributed by atoms with van der Waals surface area (Å²) in [5, 5.41) is 15.4. The lowest BCUT2D eigenvalue weighted by Crippen LogP contribution is -2.25. The molecule has 7 heteroatoms. The van der Waals surface area contributed by atoms with Crippen LogP contribution < -0.4 is 5.32 Å². The van der Waals surface area contributed by atoms with Gasteiger partial charge < -0.3 is 10.4 Å². The van der Waals surface area contributed by atoms with E-state index in [1.807, 2.05) is 45.0 Å². The molecule has 2 aromatic carbocycles. The Labute approximate surface area is 189 Å². The summed E-state index contributed by atoms with van der Waals surface area (Å²) in [4.78, 5) is 25.1. The summed E-state index contributed by atoms with van der Waals surface area (Å²) in [6, 6.07) is 12.8. The molecule has 0 aliphatic carbocycles. The first-order valence-corrected chi connectivity index (χ1v) is 11.0. The molecule has 0 aliphatic heterocycles. The van der Waals surface area contributed by atoms with Gasteiger partial charge in [-0.1, -0.05) is 72.9 Å². The molecule has 2 N–H and O–H groups in total. The fraction of sp³-hybridized carbons (Fsp3) is 0.217. The number of halogens is 2. The number of carbonyl (C=O) groups is 2. The molecule has 0 fully saturated rings. The lowest BCUT2D eigenvalue weighted by Gasteiger charge is -2.21. The van der Waals surface area contributed by atoms with Crippen molar-refractivity contribution < 1.29 is 14.7 Å². The Morgan fingerprint density at radius 2 is 1.70 bits per heavy atom. The molecule has 0 bridgehead atoms. The highest BCUT2D eigenvalue weighted by Crippen LogP contribution is 2.38. The average molecular weight is 462 g/mol. The van der Waals surface area contributed by atoms with Crippen molar-refractivity contribution >= 4 is 51.4 Å². The predicted octanol–water partition coefficient (Wildman–Crippen LogP) is 7.11. The Balaban J connectivity index is 1.96. The monoisotopic (exact) mass is 461 g/mol. The summed E-state index contributed by atoms with van der Waals surface area (Å²) in [5.74, 6) is -1.72. The second kappa shape index (κ2) is 9.21. The van der Waals surface area contributed by atoms with Gasteiger partial charge in [0.05, 0.1) is 16.0 Å². The van der Waals surface area contributed by atoms with Crippen molar-refractivity contribution in [2.45, 2.75) is 26.7 Å². The number of hydrogen-bond acceptors (Lipinski definition) is 3. The van der Waals surface area contributed by atoms with Crippen molar-refractivity contribution in [1.82, 2.24) is 0 Å². The van der Waals surface area contributed by atoms with Crippen molar-refractivity contribution in [2.24, 2.45) is 5.92 Å². The Morgan fingerprint density at radius 3 is 2.27 bits per heavy atom. The van der Waals surface area contributed by atoms with Gasteiger partial charge in [0, 0.05) is 10.9 Å². The molecular formula is C23H21Cl2NO3S. The number of rotatable bonds is 6. The smallest absolute Gasteiger partial charge is 0.339 e. The molecule has 156 valence electrons. The summed E-state index contributed by atoms with van der Waals surface area (Å²) >= 11 is 13.2. The maximum absolute atomic E-state index is 13.1. The number of carboxylic acids is 1. The van der Waals surface area contributed by atoms with Crippen LogP contribution in [0.5, 0.6) is 0 Å². The van der Waals surface area contributed by atoms with Gasteiger partial charge in [0.25, 0.3) is 0 Å². The molecule has 1 unspecified atom stereocenters. The molecule has 1 amide bonds. The zero-order chi connectivity index (χ0) is 22.0. The van der Waals surface area contributed by atoms with Gasteiger partial charge in [0.15, 0.2) is 0 Å². The molecule has 3 aromatic rings. The second-order valence-electron chi connectivity index (χ2n) is 7.41. The topological polar surface area (TPSA) is 66.4 Å². The molecular weight excluding hydrogens is 441 g/mol. The largest absolute Gasteiger partial charge is 0.478 e. The van der Waals surface area contributed by atoms with Crippen LogP contribution in [0.15, 0.2) is 47.8 Å². The van der Waals surface area contributed by atoms with Crippen LogP contribution in [0.3, 0.4) is 0 Å². The lowest BCUT2D eigenvalue weighted by atomic mass is 9.87. The van der Waals surface area contributed by atoms with E-state index < -0.39 is 11.9 Å². The van der Waals surface area contributed by atoms with Gasteiger partial charge >= 0.3 is 5.97 Å². The quantitative estimate of drug-likeness (QED) is 0.410. The maximum atomic E-state index is 13.1. The average Bonchev–Trinajstić information content (AvgIpc) is 3.09. The van der Waals surface area contributed by atoms with E-state index in [1.54, 1.807) is 23.6 Å². The number of aryl methyl sites for hydroxylation is 1. The first-order chi connectivity index (χ1) is 14.2. The molecule has 1 aromatic heterocycles. The van der Waals surface area contributed by atoms with Crippen molar-refractivity contribution in [3.05, 3.63) is 74.6 Å². The Kier molecular flexibility index (Phi) is 6.86. The normalized spacial score (nSPS) is 12.1. The number of benzene rings is 2. The molecule has 1 atom stereocenters. The zero-order valence-corrected chi connectivity index (χ0v) is 19.0. The number of anilines is 1. The van der Waals surface area contributed by atoms with Gasteiger partial charge in [-0.25, -0.2) is 4.79 Å². The van der Waals surface area contributed by atoms with Crippen LogP contribution in [0.25, 0.3) is 11.1 Å². The second-order valence-corrected chi connectivity index (χ2v) is 9.10. The van der Waals surface area contributed by atoms with Crippen LogP contribution in [-0.4, -0.2) is 17.0 Å². The molecule has 0 saturated heterocycles. The summed E-state index contributed by atoms with van der Waals surface area (Å²) in [5.41, 5.74) is 3.15. The Bertz CT molecular complexity index is 1090. The number of thiophene rings is 1. The number of carboxylic acid groups (broad SMARTS) is 1. The van der Waals surface area contributed by atoms with Gasteiger partial charge in [0.1, 0.15) is 10.6 Å². The van der Waals surface area contributed by atoms with Gasteiger partial charge in [-0.2, -0.15) is 0 Å². The van der Waals surface area contributed by atoms with E-state index in [1.165, 1.54) is 11.3 Å². The van der Waals surface area contributed by atoms with Crippen LogP contribution in [0.1, 0.15) is 41.3 Å². The highest BCUT2D eigenvalue weighted by atomic mass is 35.5. The van der Waals surface area contributed by atoms with E-state index in [2.05, 4.69) is 5.32 Å². The van der Waals surface area contributed by atoms with Crippen molar-refractivity contribution in [1.29, 1.82) is 0 Å². The van der Waals surface area contributed by atoms with E-state index in [0.29, 0.717) is 26.2 Å². The Hall–Kier alpha value is -2.34. The summed E-state index contributed by atoms with van der Waals surface area (Å²) in [6.45, 7) is 5.93. The minimum Gasteiger partial charge on any atom is -0.478 e. The van der Waals surface area contributed by atoms with Crippen LogP contribution in [0, 0.1) is 12.8 Å². The van der Waals surface area contributed by atoms with Crippen molar-refractivity contribution in [2.75, 3.05) is 5.32 Å². The fourth-order valence-corrected chi connectivity index (χ4v) is 4.60. The molecule has 30 heavy (non-hydrogen) atoms. The minimum absolute atomic E-state index is 0.0375. The predicted molar refractivity (Wildman–Crippen MR) is 124 cm³/mol.